The van der Waals surface area contributed by atoms with Crippen molar-refractivity contribution in [1.29, 1.82) is 0 Å². The predicted octanol–water partition coefficient (Wildman–Crippen LogP) is 0.958. The summed E-state index contributed by atoms with van der Waals surface area (Å²) in [5, 5.41) is 8.74. The van der Waals surface area contributed by atoms with E-state index in [1.54, 1.807) is 4.68 Å². The summed E-state index contributed by atoms with van der Waals surface area (Å²) in [6.07, 6.45) is 3.63. The summed E-state index contributed by atoms with van der Waals surface area (Å²) in [5.74, 6) is 0. The van der Waals surface area contributed by atoms with Gasteiger partial charge in [0.2, 0.25) is 0 Å². The molecule has 0 bridgehead atoms. The topological polar surface area (TPSA) is 61.7 Å². The highest BCUT2D eigenvalue weighted by Gasteiger charge is 2.13. The highest BCUT2D eigenvalue weighted by atomic mass is 15.3. The summed E-state index contributed by atoms with van der Waals surface area (Å²) in [6.45, 7) is 2.10. The average molecular weight is 233 g/mol. The van der Waals surface area contributed by atoms with Gasteiger partial charge in [-0.25, -0.2) is 0 Å². The molecule has 5 heteroatoms. The molecule has 0 amide bonds. The number of rotatable bonds is 4. The van der Waals surface area contributed by atoms with Gasteiger partial charge in [-0.1, -0.05) is 6.92 Å². The maximum atomic E-state index is 6.14. The zero-order chi connectivity index (χ0) is 12.4. The molecule has 1 unspecified atom stereocenters. The van der Waals surface area contributed by atoms with E-state index in [1.165, 1.54) is 0 Å². The molecular formula is C12H19N5. The normalized spacial score (nSPS) is 12.9. The van der Waals surface area contributed by atoms with Crippen molar-refractivity contribution in [2.24, 2.45) is 19.8 Å². The summed E-state index contributed by atoms with van der Waals surface area (Å²) >= 11 is 0. The minimum absolute atomic E-state index is 0.0729. The SMILES string of the molecule is CCc1cc(CC(N)c2ccn(C)n2)n(C)n1. The lowest BCUT2D eigenvalue weighted by Crippen LogP contribution is -2.16. The first-order valence-electron chi connectivity index (χ1n) is 5.87. The second-order valence-corrected chi connectivity index (χ2v) is 4.33. The lowest BCUT2D eigenvalue weighted by Gasteiger charge is -2.08. The van der Waals surface area contributed by atoms with Gasteiger partial charge in [0.1, 0.15) is 0 Å². The van der Waals surface area contributed by atoms with Crippen LogP contribution in [0.2, 0.25) is 0 Å². The Kier molecular flexibility index (Phi) is 3.28. The minimum atomic E-state index is -0.0729. The first-order valence-corrected chi connectivity index (χ1v) is 5.87. The molecule has 0 saturated heterocycles. The first-order chi connectivity index (χ1) is 8.10. The van der Waals surface area contributed by atoms with Crippen molar-refractivity contribution in [1.82, 2.24) is 19.6 Å². The van der Waals surface area contributed by atoms with E-state index in [4.69, 9.17) is 5.73 Å². The van der Waals surface area contributed by atoms with Crippen LogP contribution >= 0.6 is 0 Å². The Balaban J connectivity index is 2.12. The molecule has 1 atom stereocenters. The highest BCUT2D eigenvalue weighted by Crippen LogP contribution is 2.14. The maximum Gasteiger partial charge on any atom is 0.0795 e. The number of hydrogen-bond donors (Lipinski definition) is 1. The average Bonchev–Trinajstić information content (AvgIpc) is 2.86. The third-order valence-corrected chi connectivity index (χ3v) is 2.93. The quantitative estimate of drug-likeness (QED) is 0.855. The van der Waals surface area contributed by atoms with Crippen LogP contribution in [0.3, 0.4) is 0 Å². The molecule has 0 aromatic carbocycles. The predicted molar refractivity (Wildman–Crippen MR) is 66.4 cm³/mol. The third kappa shape index (κ3) is 2.55. The Morgan fingerprint density at radius 1 is 1.35 bits per heavy atom. The summed E-state index contributed by atoms with van der Waals surface area (Å²) in [6, 6.07) is 4.00. The van der Waals surface area contributed by atoms with Crippen molar-refractivity contribution in [3.8, 4) is 0 Å². The molecule has 0 radical (unpaired) electrons. The van der Waals surface area contributed by atoms with Gasteiger partial charge >= 0.3 is 0 Å². The van der Waals surface area contributed by atoms with Gasteiger partial charge in [-0.15, -0.1) is 0 Å². The molecule has 2 heterocycles. The van der Waals surface area contributed by atoms with Gasteiger partial charge in [0.15, 0.2) is 0 Å². The standard InChI is InChI=1S/C12H19N5/c1-4-9-7-10(17(3)14-9)8-11(13)12-5-6-16(2)15-12/h5-7,11H,4,8,13H2,1-3H3. The monoisotopic (exact) mass is 233 g/mol. The van der Waals surface area contributed by atoms with Crippen LogP contribution in [0.25, 0.3) is 0 Å². The fraction of sp³-hybridized carbons (Fsp3) is 0.500. The number of nitrogens with zero attached hydrogens (tertiary/aromatic N) is 4. The van der Waals surface area contributed by atoms with Gasteiger partial charge in [-0.2, -0.15) is 10.2 Å². The van der Waals surface area contributed by atoms with Crippen LogP contribution in [0.5, 0.6) is 0 Å². The van der Waals surface area contributed by atoms with Crippen LogP contribution in [0.4, 0.5) is 0 Å². The van der Waals surface area contributed by atoms with E-state index >= 15 is 0 Å². The van der Waals surface area contributed by atoms with Crippen molar-refractivity contribution in [2.45, 2.75) is 25.8 Å². The minimum Gasteiger partial charge on any atom is -0.322 e. The van der Waals surface area contributed by atoms with Gasteiger partial charge in [-0.05, 0) is 18.6 Å². The van der Waals surface area contributed by atoms with Crippen LogP contribution in [-0.2, 0) is 26.9 Å². The molecule has 5 nitrogen and oxygen atoms in total. The smallest absolute Gasteiger partial charge is 0.0795 e. The Morgan fingerprint density at radius 3 is 2.65 bits per heavy atom. The summed E-state index contributed by atoms with van der Waals surface area (Å²) in [4.78, 5) is 0. The zero-order valence-corrected chi connectivity index (χ0v) is 10.6. The number of nitrogens with two attached hydrogens (primary N) is 1. The summed E-state index contributed by atoms with van der Waals surface area (Å²) in [7, 11) is 3.86. The number of hydrogen-bond acceptors (Lipinski definition) is 3. The molecule has 92 valence electrons. The summed E-state index contributed by atoms with van der Waals surface area (Å²) in [5.41, 5.74) is 9.33. The second kappa shape index (κ2) is 4.71. The van der Waals surface area contributed by atoms with Gasteiger partial charge in [-0.3, -0.25) is 9.36 Å². The van der Waals surface area contributed by atoms with E-state index in [1.807, 2.05) is 31.0 Å². The third-order valence-electron chi connectivity index (χ3n) is 2.93. The van der Waals surface area contributed by atoms with E-state index in [-0.39, 0.29) is 6.04 Å². The van der Waals surface area contributed by atoms with E-state index in [2.05, 4.69) is 23.2 Å². The molecule has 0 aliphatic carbocycles. The zero-order valence-electron chi connectivity index (χ0n) is 10.6. The lowest BCUT2D eigenvalue weighted by molar-refractivity contribution is 0.613. The van der Waals surface area contributed by atoms with Crippen LogP contribution in [0.15, 0.2) is 18.3 Å². The van der Waals surface area contributed by atoms with Crippen molar-refractivity contribution in [3.05, 3.63) is 35.4 Å². The van der Waals surface area contributed by atoms with Crippen molar-refractivity contribution in [3.63, 3.8) is 0 Å². The maximum absolute atomic E-state index is 6.14. The molecule has 0 fully saturated rings. The van der Waals surface area contributed by atoms with Gasteiger partial charge in [0.05, 0.1) is 17.4 Å². The van der Waals surface area contributed by atoms with Crippen LogP contribution in [-0.4, -0.2) is 19.6 Å². The van der Waals surface area contributed by atoms with E-state index in [9.17, 15) is 0 Å². The molecule has 0 aliphatic heterocycles. The number of aryl methyl sites for hydroxylation is 3. The fourth-order valence-corrected chi connectivity index (χ4v) is 1.90. The van der Waals surface area contributed by atoms with Crippen LogP contribution in [0.1, 0.15) is 30.0 Å². The Hall–Kier alpha value is -1.62. The largest absolute Gasteiger partial charge is 0.322 e. The van der Waals surface area contributed by atoms with Crippen molar-refractivity contribution in [2.75, 3.05) is 0 Å². The van der Waals surface area contributed by atoms with Crippen LogP contribution in [0, 0.1) is 0 Å². The van der Waals surface area contributed by atoms with E-state index < -0.39 is 0 Å². The van der Waals surface area contributed by atoms with Crippen LogP contribution < -0.4 is 5.73 Å². The first kappa shape index (κ1) is 11.9. The second-order valence-electron chi connectivity index (χ2n) is 4.33. The molecule has 2 rings (SSSR count). The number of aromatic nitrogens is 4. The molecular weight excluding hydrogens is 214 g/mol. The molecule has 2 aromatic rings. The summed E-state index contributed by atoms with van der Waals surface area (Å²) < 4.78 is 3.68. The molecule has 2 N–H and O–H groups in total. The Bertz CT molecular complexity index is 497. The highest BCUT2D eigenvalue weighted by molar-refractivity contribution is 5.15. The van der Waals surface area contributed by atoms with Gasteiger partial charge < -0.3 is 5.73 Å². The van der Waals surface area contributed by atoms with Crippen molar-refractivity contribution < 1.29 is 0 Å². The molecule has 0 saturated carbocycles. The van der Waals surface area contributed by atoms with E-state index in [0.717, 1.165) is 29.9 Å². The molecule has 2 aromatic heterocycles. The lowest BCUT2D eigenvalue weighted by atomic mass is 10.1. The van der Waals surface area contributed by atoms with E-state index in [0.29, 0.717) is 0 Å². The molecule has 0 aliphatic rings. The van der Waals surface area contributed by atoms with Crippen molar-refractivity contribution >= 4 is 0 Å². The molecule has 17 heavy (non-hydrogen) atoms. The van der Waals surface area contributed by atoms with Gasteiger partial charge in [0, 0.05) is 32.4 Å². The molecule has 0 spiro atoms. The fourth-order valence-electron chi connectivity index (χ4n) is 1.90. The van der Waals surface area contributed by atoms with Gasteiger partial charge in [0.25, 0.3) is 0 Å². The Morgan fingerprint density at radius 2 is 2.12 bits per heavy atom. The Labute approximate surface area is 101 Å².